The number of benzene rings is 1. The predicted molar refractivity (Wildman–Crippen MR) is 73.4 cm³/mol. The number of halogens is 1. The minimum Gasteiger partial charge on any atom is -0.392 e. The lowest BCUT2D eigenvalue weighted by atomic mass is 10.1. The number of hydrogen-bond donors (Lipinski definition) is 1. The van der Waals surface area contributed by atoms with Gasteiger partial charge < -0.3 is 5.11 Å². The lowest BCUT2D eigenvalue weighted by Gasteiger charge is -2.13. The standard InChI is InChI=1S/C13H19ClOS/c1-3-10(2)16-9-13(15)8-11-4-6-12(14)7-5-11/h4-7,10,13,15H,3,8-9H2,1-2H3. The minimum atomic E-state index is -0.264. The molecule has 2 unspecified atom stereocenters. The van der Waals surface area contributed by atoms with Gasteiger partial charge in [0.15, 0.2) is 0 Å². The Morgan fingerprint density at radius 2 is 1.94 bits per heavy atom. The Morgan fingerprint density at radius 1 is 1.31 bits per heavy atom. The molecule has 1 rings (SSSR count). The Kier molecular flexibility index (Phi) is 6.25. The quantitative estimate of drug-likeness (QED) is 0.838. The zero-order valence-electron chi connectivity index (χ0n) is 9.82. The van der Waals surface area contributed by atoms with E-state index < -0.39 is 0 Å². The van der Waals surface area contributed by atoms with Crippen LogP contribution in [0.25, 0.3) is 0 Å². The fourth-order valence-corrected chi connectivity index (χ4v) is 2.37. The first-order valence-electron chi connectivity index (χ1n) is 5.66. The van der Waals surface area contributed by atoms with E-state index in [4.69, 9.17) is 11.6 Å². The summed E-state index contributed by atoms with van der Waals surface area (Å²) in [5, 5.41) is 11.2. The van der Waals surface area contributed by atoms with Crippen LogP contribution in [0, 0.1) is 0 Å². The van der Waals surface area contributed by atoms with Gasteiger partial charge in [0.2, 0.25) is 0 Å². The molecule has 0 spiro atoms. The summed E-state index contributed by atoms with van der Waals surface area (Å²) in [6.07, 6.45) is 1.60. The van der Waals surface area contributed by atoms with Crippen molar-refractivity contribution in [3.63, 3.8) is 0 Å². The predicted octanol–water partition coefficient (Wildman–Crippen LogP) is 3.78. The van der Waals surface area contributed by atoms with Crippen LogP contribution in [0.3, 0.4) is 0 Å². The van der Waals surface area contributed by atoms with Crippen LogP contribution < -0.4 is 0 Å². The van der Waals surface area contributed by atoms with E-state index in [0.717, 1.165) is 22.8 Å². The molecular weight excluding hydrogens is 240 g/mol. The summed E-state index contributed by atoms with van der Waals surface area (Å²) in [6, 6.07) is 7.68. The molecule has 1 nitrogen and oxygen atoms in total. The van der Waals surface area contributed by atoms with Gasteiger partial charge in [-0.25, -0.2) is 0 Å². The Bertz CT molecular complexity index is 299. The Hall–Kier alpha value is -0.180. The lowest BCUT2D eigenvalue weighted by molar-refractivity contribution is 0.200. The molecule has 0 aliphatic carbocycles. The molecule has 0 amide bonds. The highest BCUT2D eigenvalue weighted by molar-refractivity contribution is 7.99. The first kappa shape index (κ1) is 13.9. The Balaban J connectivity index is 2.33. The van der Waals surface area contributed by atoms with Crippen molar-refractivity contribution in [1.29, 1.82) is 0 Å². The monoisotopic (exact) mass is 258 g/mol. The molecule has 0 aliphatic rings. The van der Waals surface area contributed by atoms with Crippen molar-refractivity contribution in [1.82, 2.24) is 0 Å². The Morgan fingerprint density at radius 3 is 2.50 bits per heavy atom. The summed E-state index contributed by atoms with van der Waals surface area (Å²) < 4.78 is 0. The van der Waals surface area contributed by atoms with Gasteiger partial charge in [0, 0.05) is 16.0 Å². The molecule has 1 aromatic carbocycles. The third kappa shape index (κ3) is 5.24. The molecule has 2 atom stereocenters. The highest BCUT2D eigenvalue weighted by Gasteiger charge is 2.08. The largest absolute Gasteiger partial charge is 0.392 e. The maximum absolute atomic E-state index is 9.86. The van der Waals surface area contributed by atoms with Crippen molar-refractivity contribution >= 4 is 23.4 Å². The van der Waals surface area contributed by atoms with Crippen molar-refractivity contribution in [2.45, 2.75) is 38.0 Å². The summed E-state index contributed by atoms with van der Waals surface area (Å²) in [5.41, 5.74) is 1.14. The van der Waals surface area contributed by atoms with Crippen LogP contribution in [0.15, 0.2) is 24.3 Å². The van der Waals surface area contributed by atoms with E-state index in [1.807, 2.05) is 36.0 Å². The van der Waals surface area contributed by atoms with Gasteiger partial charge in [0.05, 0.1) is 6.10 Å². The van der Waals surface area contributed by atoms with Crippen LogP contribution in [-0.4, -0.2) is 22.2 Å². The normalized spacial score (nSPS) is 14.8. The second kappa shape index (κ2) is 7.21. The van der Waals surface area contributed by atoms with Gasteiger partial charge in [-0.15, -0.1) is 0 Å². The van der Waals surface area contributed by atoms with Crippen LogP contribution >= 0.6 is 23.4 Å². The molecule has 0 radical (unpaired) electrons. The van der Waals surface area contributed by atoms with Crippen LogP contribution in [0.1, 0.15) is 25.8 Å². The molecule has 90 valence electrons. The van der Waals surface area contributed by atoms with Gasteiger partial charge in [-0.3, -0.25) is 0 Å². The van der Waals surface area contributed by atoms with Crippen LogP contribution in [-0.2, 0) is 6.42 Å². The van der Waals surface area contributed by atoms with Crippen molar-refractivity contribution < 1.29 is 5.11 Å². The number of aliphatic hydroxyl groups is 1. The average Bonchev–Trinajstić information content (AvgIpc) is 2.29. The Labute approximate surface area is 107 Å². The number of aliphatic hydroxyl groups excluding tert-OH is 1. The molecule has 0 aromatic heterocycles. The summed E-state index contributed by atoms with van der Waals surface area (Å²) in [6.45, 7) is 4.36. The van der Waals surface area contributed by atoms with E-state index in [1.165, 1.54) is 0 Å². The topological polar surface area (TPSA) is 20.2 Å². The van der Waals surface area contributed by atoms with Crippen LogP contribution in [0.5, 0.6) is 0 Å². The lowest BCUT2D eigenvalue weighted by Crippen LogP contribution is -2.15. The zero-order chi connectivity index (χ0) is 12.0. The van der Waals surface area contributed by atoms with Gasteiger partial charge in [-0.2, -0.15) is 11.8 Å². The van der Waals surface area contributed by atoms with Gasteiger partial charge in [-0.1, -0.05) is 37.6 Å². The van der Waals surface area contributed by atoms with Crippen molar-refractivity contribution in [3.05, 3.63) is 34.9 Å². The van der Waals surface area contributed by atoms with E-state index in [9.17, 15) is 5.11 Å². The first-order valence-corrected chi connectivity index (χ1v) is 7.08. The smallest absolute Gasteiger partial charge is 0.0670 e. The SMILES string of the molecule is CCC(C)SCC(O)Cc1ccc(Cl)cc1. The highest BCUT2D eigenvalue weighted by Crippen LogP contribution is 2.17. The fourth-order valence-electron chi connectivity index (χ4n) is 1.34. The number of hydrogen-bond acceptors (Lipinski definition) is 2. The van der Waals surface area contributed by atoms with Crippen molar-refractivity contribution in [2.24, 2.45) is 0 Å². The van der Waals surface area contributed by atoms with E-state index >= 15 is 0 Å². The number of rotatable bonds is 6. The van der Waals surface area contributed by atoms with Gasteiger partial charge in [-0.05, 0) is 30.5 Å². The molecule has 0 saturated carbocycles. The molecule has 0 saturated heterocycles. The third-order valence-corrected chi connectivity index (χ3v) is 4.26. The first-order chi connectivity index (χ1) is 7.61. The molecule has 0 bridgehead atoms. The molecule has 16 heavy (non-hydrogen) atoms. The van der Waals surface area contributed by atoms with Gasteiger partial charge in [0.1, 0.15) is 0 Å². The summed E-state index contributed by atoms with van der Waals surface area (Å²) >= 11 is 7.63. The summed E-state index contributed by atoms with van der Waals surface area (Å²) in [5.74, 6) is 0.803. The van der Waals surface area contributed by atoms with Crippen LogP contribution in [0.2, 0.25) is 5.02 Å². The summed E-state index contributed by atoms with van der Waals surface area (Å²) in [4.78, 5) is 0. The second-order valence-corrected chi connectivity index (χ2v) is 5.94. The molecule has 1 N–H and O–H groups in total. The average molecular weight is 259 g/mol. The fraction of sp³-hybridized carbons (Fsp3) is 0.538. The van der Waals surface area contributed by atoms with Crippen molar-refractivity contribution in [2.75, 3.05) is 5.75 Å². The zero-order valence-corrected chi connectivity index (χ0v) is 11.4. The van der Waals surface area contributed by atoms with E-state index in [1.54, 1.807) is 0 Å². The summed E-state index contributed by atoms with van der Waals surface area (Å²) in [7, 11) is 0. The van der Waals surface area contributed by atoms with E-state index in [0.29, 0.717) is 11.7 Å². The molecule has 3 heteroatoms. The van der Waals surface area contributed by atoms with Gasteiger partial charge in [0.25, 0.3) is 0 Å². The maximum Gasteiger partial charge on any atom is 0.0670 e. The van der Waals surface area contributed by atoms with Gasteiger partial charge >= 0.3 is 0 Å². The van der Waals surface area contributed by atoms with E-state index in [-0.39, 0.29) is 6.10 Å². The second-order valence-electron chi connectivity index (χ2n) is 4.04. The van der Waals surface area contributed by atoms with E-state index in [2.05, 4.69) is 13.8 Å². The molecule has 1 aromatic rings. The minimum absolute atomic E-state index is 0.264. The number of thioether (sulfide) groups is 1. The molecular formula is C13H19ClOS. The molecule has 0 fully saturated rings. The third-order valence-electron chi connectivity index (χ3n) is 2.53. The molecule has 0 aliphatic heterocycles. The van der Waals surface area contributed by atoms with Crippen molar-refractivity contribution in [3.8, 4) is 0 Å². The highest BCUT2D eigenvalue weighted by atomic mass is 35.5. The molecule has 0 heterocycles. The maximum atomic E-state index is 9.86. The van der Waals surface area contributed by atoms with Crippen LogP contribution in [0.4, 0.5) is 0 Å².